The van der Waals surface area contributed by atoms with Gasteiger partial charge in [0.05, 0.1) is 41.0 Å². The maximum Gasteiger partial charge on any atom is 0.416 e. The van der Waals surface area contributed by atoms with Gasteiger partial charge >= 0.3 is 12.2 Å². The maximum atomic E-state index is 13.5. The molecular formula is C25H18F3N5O3. The van der Waals surface area contributed by atoms with E-state index in [4.69, 9.17) is 9.72 Å². The number of halogens is 3. The molecule has 5 rings (SSSR count). The monoisotopic (exact) mass is 493 g/mol. The summed E-state index contributed by atoms with van der Waals surface area (Å²) in [6.45, 7) is 3.17. The molecule has 3 aromatic heterocycles. The van der Waals surface area contributed by atoms with E-state index in [1.54, 1.807) is 30.5 Å². The number of pyridine rings is 3. The minimum absolute atomic E-state index is 0.0483. The molecule has 11 heteroatoms. The van der Waals surface area contributed by atoms with Crippen LogP contribution in [0.4, 0.5) is 29.3 Å². The van der Waals surface area contributed by atoms with E-state index in [0.717, 1.165) is 21.9 Å². The fourth-order valence-electron chi connectivity index (χ4n) is 3.99. The molecule has 0 fully saturated rings. The first-order valence-corrected chi connectivity index (χ1v) is 10.6. The molecule has 1 aromatic carbocycles. The van der Waals surface area contributed by atoms with Gasteiger partial charge in [-0.15, -0.1) is 0 Å². The number of fused-ring (bicyclic) bond motifs is 3. The van der Waals surface area contributed by atoms with Crippen LogP contribution in [0.25, 0.3) is 28.0 Å². The highest BCUT2D eigenvalue weighted by molar-refractivity contribution is 6.14. The molecule has 0 atom stereocenters. The molecule has 2 amide bonds. The van der Waals surface area contributed by atoms with E-state index >= 15 is 0 Å². The summed E-state index contributed by atoms with van der Waals surface area (Å²) in [7, 11) is 1.50. The Bertz CT molecular complexity index is 1510. The van der Waals surface area contributed by atoms with Gasteiger partial charge in [0.1, 0.15) is 12.2 Å². The van der Waals surface area contributed by atoms with Crippen LogP contribution in [-0.2, 0) is 6.18 Å². The largest absolute Gasteiger partial charge is 0.481 e. The van der Waals surface area contributed by atoms with Crippen LogP contribution in [0.2, 0.25) is 0 Å². The highest BCUT2D eigenvalue weighted by Crippen LogP contribution is 2.44. The number of nitrogens with zero attached hydrogens (tertiary/aromatic N) is 5. The first kappa shape index (κ1) is 23.2. The fraction of sp³-hybridized carbons (Fsp3) is 0.120. The SMILES string of the molecule is C=C1c2cnc3ccc(-c4ccc(OC)nc4)nc3c2N(c2cccc(C(F)(F)F)c2)C(=O)N1CO. The molecule has 0 unspecified atom stereocenters. The molecule has 0 saturated carbocycles. The number of aliphatic hydroxyl groups excluding tert-OH is 1. The van der Waals surface area contributed by atoms with Crippen molar-refractivity contribution in [3.05, 3.63) is 78.6 Å². The Kier molecular flexibility index (Phi) is 5.56. The smallest absolute Gasteiger partial charge is 0.416 e. The minimum Gasteiger partial charge on any atom is -0.481 e. The van der Waals surface area contributed by atoms with Gasteiger partial charge in [-0.05, 0) is 36.4 Å². The number of carbonyl (C=O) groups is 1. The molecule has 0 spiro atoms. The Morgan fingerprint density at radius 1 is 1.08 bits per heavy atom. The van der Waals surface area contributed by atoms with Crippen molar-refractivity contribution in [3.63, 3.8) is 0 Å². The van der Waals surface area contributed by atoms with Crippen molar-refractivity contribution < 1.29 is 27.8 Å². The van der Waals surface area contributed by atoms with Crippen molar-refractivity contribution in [2.75, 3.05) is 18.7 Å². The molecule has 182 valence electrons. The summed E-state index contributed by atoms with van der Waals surface area (Å²) >= 11 is 0. The van der Waals surface area contributed by atoms with Crippen LogP contribution < -0.4 is 9.64 Å². The number of urea groups is 1. The molecular weight excluding hydrogens is 475 g/mol. The zero-order chi connectivity index (χ0) is 25.6. The van der Waals surface area contributed by atoms with Gasteiger partial charge < -0.3 is 9.84 Å². The second-order valence-corrected chi connectivity index (χ2v) is 7.86. The van der Waals surface area contributed by atoms with Crippen LogP contribution in [0.15, 0.2) is 67.5 Å². The number of anilines is 2. The predicted molar refractivity (Wildman–Crippen MR) is 126 cm³/mol. The van der Waals surface area contributed by atoms with E-state index in [1.807, 2.05) is 0 Å². The first-order chi connectivity index (χ1) is 17.2. The van der Waals surface area contributed by atoms with Crippen LogP contribution in [0.5, 0.6) is 5.88 Å². The Morgan fingerprint density at radius 3 is 2.56 bits per heavy atom. The Morgan fingerprint density at radius 2 is 1.89 bits per heavy atom. The van der Waals surface area contributed by atoms with E-state index in [-0.39, 0.29) is 22.6 Å². The topological polar surface area (TPSA) is 91.7 Å². The van der Waals surface area contributed by atoms with Crippen LogP contribution in [0, 0.1) is 0 Å². The van der Waals surface area contributed by atoms with E-state index in [2.05, 4.69) is 16.5 Å². The van der Waals surface area contributed by atoms with Gasteiger partial charge in [-0.1, -0.05) is 12.6 Å². The summed E-state index contributed by atoms with van der Waals surface area (Å²) in [4.78, 5) is 28.8. The fourth-order valence-corrected chi connectivity index (χ4v) is 3.99. The quantitative estimate of drug-likeness (QED) is 0.420. The molecule has 0 saturated heterocycles. The predicted octanol–water partition coefficient (Wildman–Crippen LogP) is 5.21. The van der Waals surface area contributed by atoms with Crippen molar-refractivity contribution in [1.29, 1.82) is 0 Å². The van der Waals surface area contributed by atoms with E-state index < -0.39 is 24.5 Å². The molecule has 4 heterocycles. The minimum atomic E-state index is -4.62. The van der Waals surface area contributed by atoms with Crippen molar-refractivity contribution in [1.82, 2.24) is 19.9 Å². The zero-order valence-corrected chi connectivity index (χ0v) is 18.8. The first-order valence-electron chi connectivity index (χ1n) is 10.6. The van der Waals surface area contributed by atoms with Crippen LogP contribution >= 0.6 is 0 Å². The number of methoxy groups -OCH3 is 1. The molecule has 4 aromatic rings. The summed E-state index contributed by atoms with van der Waals surface area (Å²) in [6.07, 6.45) is -1.60. The number of carbonyl (C=O) groups excluding carboxylic acids is 1. The number of aromatic nitrogens is 3. The van der Waals surface area contributed by atoms with Crippen molar-refractivity contribution in [3.8, 4) is 17.1 Å². The van der Waals surface area contributed by atoms with Crippen molar-refractivity contribution in [2.24, 2.45) is 0 Å². The number of aliphatic hydroxyl groups is 1. The van der Waals surface area contributed by atoms with E-state index in [1.165, 1.54) is 25.4 Å². The Labute approximate surface area is 202 Å². The third-order valence-electron chi connectivity index (χ3n) is 5.78. The van der Waals surface area contributed by atoms with Crippen LogP contribution in [-0.4, -0.2) is 44.8 Å². The second kappa shape index (κ2) is 8.61. The van der Waals surface area contributed by atoms with Gasteiger partial charge in [0.15, 0.2) is 0 Å². The Balaban J connectivity index is 1.76. The highest BCUT2D eigenvalue weighted by atomic mass is 19.4. The van der Waals surface area contributed by atoms with Gasteiger partial charge in [-0.25, -0.2) is 14.8 Å². The summed E-state index contributed by atoms with van der Waals surface area (Å²) in [5.74, 6) is 0.417. The lowest BCUT2D eigenvalue weighted by molar-refractivity contribution is -0.137. The van der Waals surface area contributed by atoms with Gasteiger partial charge in [-0.3, -0.25) is 14.8 Å². The van der Waals surface area contributed by atoms with E-state index in [9.17, 15) is 23.1 Å². The third-order valence-corrected chi connectivity index (χ3v) is 5.78. The molecule has 0 aliphatic carbocycles. The molecule has 1 N–H and O–H groups in total. The molecule has 8 nitrogen and oxygen atoms in total. The molecule has 1 aliphatic heterocycles. The van der Waals surface area contributed by atoms with Crippen LogP contribution in [0.1, 0.15) is 11.1 Å². The lowest BCUT2D eigenvalue weighted by Gasteiger charge is -2.37. The summed E-state index contributed by atoms with van der Waals surface area (Å²) in [6, 6.07) is 10.4. The van der Waals surface area contributed by atoms with E-state index in [0.29, 0.717) is 28.2 Å². The Hall–Kier alpha value is -4.51. The zero-order valence-electron chi connectivity index (χ0n) is 18.8. The lowest BCUT2D eigenvalue weighted by atomic mass is 10.0. The molecule has 0 radical (unpaired) electrons. The number of alkyl halides is 3. The summed E-state index contributed by atoms with van der Waals surface area (Å²) in [5, 5.41) is 9.84. The average Bonchev–Trinajstić information content (AvgIpc) is 2.88. The lowest BCUT2D eigenvalue weighted by Crippen LogP contribution is -2.44. The number of rotatable bonds is 4. The second-order valence-electron chi connectivity index (χ2n) is 7.86. The van der Waals surface area contributed by atoms with Gasteiger partial charge in [0.2, 0.25) is 5.88 Å². The average molecular weight is 493 g/mol. The number of benzene rings is 1. The summed E-state index contributed by atoms with van der Waals surface area (Å²) in [5.41, 5.74) is 1.55. The van der Waals surface area contributed by atoms with Crippen LogP contribution in [0.3, 0.4) is 0 Å². The highest BCUT2D eigenvalue weighted by Gasteiger charge is 2.38. The molecule has 0 bridgehead atoms. The molecule has 1 aliphatic rings. The maximum absolute atomic E-state index is 13.5. The number of hydrogen-bond donors (Lipinski definition) is 1. The third kappa shape index (κ3) is 3.79. The number of ether oxygens (including phenoxy) is 1. The van der Waals surface area contributed by atoms with Crippen molar-refractivity contribution in [2.45, 2.75) is 6.18 Å². The summed E-state index contributed by atoms with van der Waals surface area (Å²) < 4.78 is 45.5. The number of amides is 2. The van der Waals surface area contributed by atoms with Gasteiger partial charge in [-0.2, -0.15) is 13.2 Å². The van der Waals surface area contributed by atoms with Crippen molar-refractivity contribution >= 4 is 34.1 Å². The molecule has 36 heavy (non-hydrogen) atoms. The van der Waals surface area contributed by atoms with Gasteiger partial charge in [0.25, 0.3) is 0 Å². The standard InChI is InChI=1S/C25H18F3N5O3/c1-14-18-12-29-20-8-7-19(15-6-9-21(36-2)30-11-15)31-22(20)23(18)33(24(35)32(14)13-34)17-5-3-4-16(10-17)25(26,27)28/h3-12,34H,1,13H2,2H3. The normalized spacial score (nSPS) is 13.8. The van der Waals surface area contributed by atoms with Gasteiger partial charge in [0, 0.05) is 29.6 Å². The number of hydrogen-bond acceptors (Lipinski definition) is 6.